The normalized spacial score (nSPS) is 14.2. The molecular weight excluding hydrogens is 178 g/mol. The molecule has 1 unspecified atom stereocenters. The fourth-order valence-electron chi connectivity index (χ4n) is 1.04. The van der Waals surface area contributed by atoms with Gasteiger partial charge < -0.3 is 4.74 Å². The number of carbonyl (C=O) groups excluding carboxylic acids is 1. The summed E-state index contributed by atoms with van der Waals surface area (Å²) >= 11 is 0. The molecule has 0 spiro atoms. The number of rotatable bonds is 4. The van der Waals surface area contributed by atoms with Crippen LogP contribution in [0, 0.1) is 0 Å². The summed E-state index contributed by atoms with van der Waals surface area (Å²) in [5, 5.41) is 0. The molecule has 3 nitrogen and oxygen atoms in total. The Labute approximate surface area is 87.4 Å². The van der Waals surface area contributed by atoms with Crippen LogP contribution < -0.4 is 0 Å². The molecule has 0 aromatic rings. The van der Waals surface area contributed by atoms with Gasteiger partial charge >= 0.3 is 5.97 Å². The van der Waals surface area contributed by atoms with Crippen molar-refractivity contribution in [2.45, 2.75) is 52.7 Å². The minimum atomic E-state index is -0.382. The zero-order valence-corrected chi connectivity index (χ0v) is 10.3. The van der Waals surface area contributed by atoms with Crippen LogP contribution in [0.2, 0.25) is 0 Å². The zero-order valence-electron chi connectivity index (χ0n) is 10.3. The van der Waals surface area contributed by atoms with Crippen LogP contribution in [0.15, 0.2) is 0 Å². The topological polar surface area (TPSA) is 29.5 Å². The fraction of sp³-hybridized carbons (Fsp3) is 0.909. The Kier molecular flexibility index (Phi) is 5.13. The molecule has 14 heavy (non-hydrogen) atoms. The summed E-state index contributed by atoms with van der Waals surface area (Å²) in [5.74, 6) is -0.152. The molecule has 84 valence electrons. The van der Waals surface area contributed by atoms with Crippen LogP contribution in [-0.2, 0) is 9.53 Å². The molecular formula is C11H23NO2. The fourth-order valence-corrected chi connectivity index (χ4v) is 1.04. The van der Waals surface area contributed by atoms with Crippen LogP contribution in [0.4, 0.5) is 0 Å². The van der Waals surface area contributed by atoms with Gasteiger partial charge in [-0.2, -0.15) is 0 Å². The molecule has 0 aliphatic rings. The molecule has 0 N–H and O–H groups in total. The van der Waals surface area contributed by atoms with Crippen molar-refractivity contribution in [2.24, 2.45) is 0 Å². The first-order valence-corrected chi connectivity index (χ1v) is 5.18. The predicted molar refractivity (Wildman–Crippen MR) is 58.2 cm³/mol. The van der Waals surface area contributed by atoms with E-state index in [1.54, 1.807) is 0 Å². The summed E-state index contributed by atoms with van der Waals surface area (Å²) in [7, 11) is 1.94. The van der Waals surface area contributed by atoms with Gasteiger partial charge in [-0.1, -0.05) is 6.92 Å². The highest BCUT2D eigenvalue weighted by molar-refractivity contribution is 5.72. The molecule has 0 amide bonds. The smallest absolute Gasteiger partial charge is 0.320 e. The Morgan fingerprint density at radius 1 is 1.43 bits per heavy atom. The van der Waals surface area contributed by atoms with Crippen LogP contribution in [0.1, 0.15) is 41.0 Å². The van der Waals surface area contributed by atoms with Crippen LogP contribution in [0.25, 0.3) is 0 Å². The van der Waals surface area contributed by atoms with Gasteiger partial charge in [-0.3, -0.25) is 9.69 Å². The maximum absolute atomic E-state index is 11.4. The first-order valence-electron chi connectivity index (χ1n) is 5.18. The van der Waals surface area contributed by atoms with Gasteiger partial charge in [0.1, 0.15) is 5.60 Å². The van der Waals surface area contributed by atoms with E-state index in [1.807, 2.05) is 32.7 Å². The van der Waals surface area contributed by atoms with Crippen molar-refractivity contribution in [1.82, 2.24) is 4.90 Å². The highest BCUT2D eigenvalue weighted by Gasteiger charge is 2.18. The van der Waals surface area contributed by atoms with E-state index in [0.717, 1.165) is 6.42 Å². The summed E-state index contributed by atoms with van der Waals surface area (Å²) in [4.78, 5) is 13.4. The molecule has 0 bridgehead atoms. The third kappa shape index (κ3) is 5.97. The first kappa shape index (κ1) is 13.4. The van der Waals surface area contributed by atoms with E-state index in [0.29, 0.717) is 12.6 Å². The Hall–Kier alpha value is -0.570. The summed E-state index contributed by atoms with van der Waals surface area (Å²) in [6.07, 6.45) is 1.04. The van der Waals surface area contributed by atoms with E-state index < -0.39 is 0 Å². The van der Waals surface area contributed by atoms with Crippen molar-refractivity contribution < 1.29 is 9.53 Å². The molecule has 0 saturated carbocycles. The summed E-state index contributed by atoms with van der Waals surface area (Å²) in [6.45, 7) is 10.2. The molecule has 0 saturated heterocycles. The molecule has 0 rings (SSSR count). The first-order chi connectivity index (χ1) is 6.26. The average Bonchev–Trinajstić information content (AvgIpc) is 1.99. The highest BCUT2D eigenvalue weighted by Crippen LogP contribution is 2.08. The van der Waals surface area contributed by atoms with Gasteiger partial charge in [0.2, 0.25) is 0 Å². The van der Waals surface area contributed by atoms with E-state index in [-0.39, 0.29) is 11.6 Å². The van der Waals surface area contributed by atoms with Crippen LogP contribution in [0.5, 0.6) is 0 Å². The zero-order chi connectivity index (χ0) is 11.4. The molecule has 3 heteroatoms. The molecule has 0 aromatic heterocycles. The Balaban J connectivity index is 3.95. The van der Waals surface area contributed by atoms with Crippen molar-refractivity contribution in [2.75, 3.05) is 13.6 Å². The summed E-state index contributed by atoms with van der Waals surface area (Å²) in [6, 6.07) is 0.419. The van der Waals surface area contributed by atoms with E-state index in [1.165, 1.54) is 0 Å². The quantitative estimate of drug-likeness (QED) is 0.652. The SMILES string of the molecule is CCC(C)N(C)CC(=O)OC(C)(C)C. The number of carbonyl (C=O) groups is 1. The van der Waals surface area contributed by atoms with Gasteiger partial charge in [-0.25, -0.2) is 0 Å². The third-order valence-corrected chi connectivity index (χ3v) is 2.14. The van der Waals surface area contributed by atoms with Crippen molar-refractivity contribution in [1.29, 1.82) is 0 Å². The van der Waals surface area contributed by atoms with Crippen LogP contribution >= 0.6 is 0 Å². The van der Waals surface area contributed by atoms with Crippen molar-refractivity contribution in [3.05, 3.63) is 0 Å². The van der Waals surface area contributed by atoms with E-state index >= 15 is 0 Å². The van der Waals surface area contributed by atoms with Crippen LogP contribution in [0.3, 0.4) is 0 Å². The Morgan fingerprint density at radius 3 is 2.29 bits per heavy atom. The van der Waals surface area contributed by atoms with Gasteiger partial charge in [-0.15, -0.1) is 0 Å². The van der Waals surface area contributed by atoms with Crippen LogP contribution in [-0.4, -0.2) is 36.1 Å². The number of ether oxygens (including phenoxy) is 1. The summed E-state index contributed by atoms with van der Waals surface area (Å²) in [5.41, 5.74) is -0.382. The maximum Gasteiger partial charge on any atom is 0.320 e. The van der Waals surface area contributed by atoms with Gasteiger partial charge in [0.05, 0.1) is 6.54 Å². The number of hydrogen-bond donors (Lipinski definition) is 0. The lowest BCUT2D eigenvalue weighted by atomic mass is 10.2. The Morgan fingerprint density at radius 2 is 1.93 bits per heavy atom. The van der Waals surface area contributed by atoms with E-state index in [2.05, 4.69) is 13.8 Å². The standard InChI is InChI=1S/C11H23NO2/c1-7-9(2)12(6)8-10(13)14-11(3,4)5/h9H,7-8H2,1-6H3. The predicted octanol–water partition coefficient (Wildman–Crippen LogP) is 2.06. The van der Waals surface area contributed by atoms with E-state index in [4.69, 9.17) is 4.74 Å². The second kappa shape index (κ2) is 5.35. The minimum Gasteiger partial charge on any atom is -0.459 e. The molecule has 0 aromatic carbocycles. The van der Waals surface area contributed by atoms with E-state index in [9.17, 15) is 4.79 Å². The maximum atomic E-state index is 11.4. The third-order valence-electron chi connectivity index (χ3n) is 2.14. The van der Waals surface area contributed by atoms with Crippen molar-refractivity contribution in [3.8, 4) is 0 Å². The monoisotopic (exact) mass is 201 g/mol. The molecule has 0 aliphatic carbocycles. The number of likely N-dealkylation sites (N-methyl/N-ethyl adjacent to an activating group) is 1. The number of esters is 1. The lowest BCUT2D eigenvalue weighted by Crippen LogP contribution is -2.37. The average molecular weight is 201 g/mol. The Bertz CT molecular complexity index is 184. The van der Waals surface area contributed by atoms with Gasteiger partial charge in [0.15, 0.2) is 0 Å². The summed E-state index contributed by atoms with van der Waals surface area (Å²) < 4.78 is 5.22. The molecule has 0 radical (unpaired) electrons. The van der Waals surface area contributed by atoms with Crippen molar-refractivity contribution >= 4 is 5.97 Å². The van der Waals surface area contributed by atoms with Gasteiger partial charge in [0.25, 0.3) is 0 Å². The highest BCUT2D eigenvalue weighted by atomic mass is 16.6. The lowest BCUT2D eigenvalue weighted by Gasteiger charge is -2.25. The minimum absolute atomic E-state index is 0.152. The number of nitrogens with zero attached hydrogens (tertiary/aromatic N) is 1. The second-order valence-corrected chi connectivity index (χ2v) is 4.76. The van der Waals surface area contributed by atoms with Gasteiger partial charge in [0, 0.05) is 6.04 Å². The number of hydrogen-bond acceptors (Lipinski definition) is 3. The molecule has 0 fully saturated rings. The second-order valence-electron chi connectivity index (χ2n) is 4.76. The van der Waals surface area contributed by atoms with Gasteiger partial charge in [-0.05, 0) is 41.2 Å². The molecule has 0 heterocycles. The molecule has 1 atom stereocenters. The molecule has 0 aliphatic heterocycles. The van der Waals surface area contributed by atoms with Crippen molar-refractivity contribution in [3.63, 3.8) is 0 Å². The lowest BCUT2D eigenvalue weighted by molar-refractivity contribution is -0.156. The largest absolute Gasteiger partial charge is 0.459 e.